The molecule has 2 aliphatic rings. The third kappa shape index (κ3) is 1.29. The number of thioether (sulfide) groups is 1. The van der Waals surface area contributed by atoms with Crippen LogP contribution in [0, 0.1) is 0 Å². The summed E-state index contributed by atoms with van der Waals surface area (Å²) in [6.45, 7) is 2.01. The van der Waals surface area contributed by atoms with E-state index >= 15 is 0 Å². The zero-order valence-corrected chi connectivity index (χ0v) is 8.11. The van der Waals surface area contributed by atoms with Gasteiger partial charge in [-0.25, -0.2) is 4.99 Å². The van der Waals surface area contributed by atoms with Crippen LogP contribution in [0.15, 0.2) is 27.7 Å². The molecule has 2 rings (SSSR count). The van der Waals surface area contributed by atoms with Gasteiger partial charge in [0, 0.05) is 4.91 Å². The Hall–Kier alpha value is -0.700. The zero-order valence-electron chi connectivity index (χ0n) is 7.29. The molecule has 0 fully saturated rings. The van der Waals surface area contributed by atoms with Crippen LogP contribution in [-0.2, 0) is 0 Å². The minimum atomic E-state index is 0.445. The molecule has 1 aliphatic carbocycles. The molecule has 12 heavy (non-hydrogen) atoms. The molecule has 1 atom stereocenters. The molecule has 0 saturated carbocycles. The smallest absolute Gasteiger partial charge is 0.0993 e. The van der Waals surface area contributed by atoms with Crippen molar-refractivity contribution in [1.29, 1.82) is 0 Å². The van der Waals surface area contributed by atoms with Gasteiger partial charge >= 0.3 is 0 Å². The van der Waals surface area contributed by atoms with Crippen LogP contribution in [0.5, 0.6) is 0 Å². The SMILES string of the molecule is CSC1=CCC2NC(C)=NC2=C1. The van der Waals surface area contributed by atoms with E-state index in [1.165, 1.54) is 10.6 Å². The molecule has 64 valence electrons. The summed E-state index contributed by atoms with van der Waals surface area (Å²) in [4.78, 5) is 5.76. The van der Waals surface area contributed by atoms with Crippen molar-refractivity contribution in [3.05, 3.63) is 22.8 Å². The van der Waals surface area contributed by atoms with Gasteiger partial charge < -0.3 is 5.32 Å². The van der Waals surface area contributed by atoms with Crippen LogP contribution in [0.2, 0.25) is 0 Å². The Morgan fingerprint density at radius 3 is 3.25 bits per heavy atom. The fraction of sp³-hybridized carbons (Fsp3) is 0.444. The van der Waals surface area contributed by atoms with Crippen molar-refractivity contribution >= 4 is 17.6 Å². The lowest BCUT2D eigenvalue weighted by Gasteiger charge is -2.14. The van der Waals surface area contributed by atoms with E-state index in [0.717, 1.165) is 12.3 Å². The van der Waals surface area contributed by atoms with Gasteiger partial charge in [0.2, 0.25) is 0 Å². The highest BCUT2D eigenvalue weighted by atomic mass is 32.2. The largest absolute Gasteiger partial charge is 0.365 e. The van der Waals surface area contributed by atoms with E-state index in [2.05, 4.69) is 28.7 Å². The van der Waals surface area contributed by atoms with Crippen molar-refractivity contribution in [2.24, 2.45) is 4.99 Å². The molecule has 0 spiro atoms. The normalized spacial score (nSPS) is 26.8. The third-order valence-corrected chi connectivity index (χ3v) is 2.87. The van der Waals surface area contributed by atoms with Crippen LogP contribution in [0.3, 0.4) is 0 Å². The van der Waals surface area contributed by atoms with E-state index < -0.39 is 0 Å². The lowest BCUT2D eigenvalue weighted by atomic mass is 10.1. The second-order valence-electron chi connectivity index (χ2n) is 3.01. The summed E-state index contributed by atoms with van der Waals surface area (Å²) in [5, 5.41) is 3.33. The Balaban J connectivity index is 2.24. The highest BCUT2D eigenvalue weighted by molar-refractivity contribution is 8.02. The Kier molecular flexibility index (Phi) is 1.97. The number of allylic oxidation sites excluding steroid dienone is 1. The van der Waals surface area contributed by atoms with Crippen molar-refractivity contribution in [3.8, 4) is 0 Å². The monoisotopic (exact) mass is 180 g/mol. The van der Waals surface area contributed by atoms with Gasteiger partial charge in [-0.15, -0.1) is 11.8 Å². The van der Waals surface area contributed by atoms with Gasteiger partial charge in [0.1, 0.15) is 0 Å². The first-order valence-electron chi connectivity index (χ1n) is 4.07. The molecule has 0 bridgehead atoms. The lowest BCUT2D eigenvalue weighted by Crippen LogP contribution is -2.28. The average Bonchev–Trinajstić information content (AvgIpc) is 2.43. The van der Waals surface area contributed by atoms with Gasteiger partial charge in [-0.1, -0.05) is 6.08 Å². The van der Waals surface area contributed by atoms with E-state index in [1.54, 1.807) is 11.8 Å². The summed E-state index contributed by atoms with van der Waals surface area (Å²) in [6, 6.07) is 0.445. The first kappa shape index (κ1) is 7.92. The van der Waals surface area contributed by atoms with E-state index in [-0.39, 0.29) is 0 Å². The Morgan fingerprint density at radius 2 is 2.50 bits per heavy atom. The molecule has 1 N–H and O–H groups in total. The van der Waals surface area contributed by atoms with Gasteiger partial charge in [0.15, 0.2) is 0 Å². The number of aliphatic imine (C=N–C) groups is 1. The van der Waals surface area contributed by atoms with Crippen LogP contribution in [-0.4, -0.2) is 18.1 Å². The van der Waals surface area contributed by atoms with Crippen molar-refractivity contribution in [1.82, 2.24) is 5.32 Å². The number of hydrogen-bond acceptors (Lipinski definition) is 3. The predicted octanol–water partition coefficient (Wildman–Crippen LogP) is 1.91. The van der Waals surface area contributed by atoms with Crippen LogP contribution >= 0.6 is 11.8 Å². The summed E-state index contributed by atoms with van der Waals surface area (Å²) in [7, 11) is 0. The van der Waals surface area contributed by atoms with Crippen molar-refractivity contribution in [2.45, 2.75) is 19.4 Å². The van der Waals surface area contributed by atoms with Gasteiger partial charge in [-0.05, 0) is 25.7 Å². The Morgan fingerprint density at radius 1 is 1.67 bits per heavy atom. The highest BCUT2D eigenvalue weighted by Gasteiger charge is 2.22. The second-order valence-corrected chi connectivity index (χ2v) is 3.89. The average molecular weight is 180 g/mol. The molecule has 0 amide bonds. The number of amidine groups is 1. The number of nitrogens with one attached hydrogen (secondary N) is 1. The third-order valence-electron chi connectivity index (χ3n) is 2.12. The quantitative estimate of drug-likeness (QED) is 0.666. The molecule has 2 nitrogen and oxygen atoms in total. The van der Waals surface area contributed by atoms with E-state index in [4.69, 9.17) is 0 Å². The van der Waals surface area contributed by atoms with E-state index in [9.17, 15) is 0 Å². The first-order chi connectivity index (χ1) is 5.79. The molecule has 0 aromatic heterocycles. The predicted molar refractivity (Wildman–Crippen MR) is 54.3 cm³/mol. The molecule has 1 unspecified atom stereocenters. The summed E-state index contributed by atoms with van der Waals surface area (Å²) >= 11 is 1.78. The number of nitrogens with zero attached hydrogens (tertiary/aromatic N) is 1. The fourth-order valence-electron chi connectivity index (χ4n) is 1.52. The van der Waals surface area contributed by atoms with Gasteiger partial charge in [-0.3, -0.25) is 0 Å². The molecule has 1 aliphatic heterocycles. The van der Waals surface area contributed by atoms with E-state index in [1.807, 2.05) is 6.92 Å². The van der Waals surface area contributed by atoms with Gasteiger partial charge in [-0.2, -0.15) is 0 Å². The number of hydrogen-bond donors (Lipinski definition) is 1. The van der Waals surface area contributed by atoms with Crippen molar-refractivity contribution in [2.75, 3.05) is 6.26 Å². The molecular formula is C9H12N2S. The second kappa shape index (κ2) is 2.98. The maximum absolute atomic E-state index is 4.42. The summed E-state index contributed by atoms with van der Waals surface area (Å²) < 4.78 is 0. The summed E-state index contributed by atoms with van der Waals surface area (Å²) in [6.07, 6.45) is 7.60. The zero-order chi connectivity index (χ0) is 8.55. The van der Waals surface area contributed by atoms with E-state index in [0.29, 0.717) is 6.04 Å². The number of fused-ring (bicyclic) bond motifs is 1. The maximum Gasteiger partial charge on any atom is 0.0993 e. The molecule has 0 radical (unpaired) electrons. The van der Waals surface area contributed by atoms with Crippen molar-refractivity contribution < 1.29 is 0 Å². The number of rotatable bonds is 1. The molecular weight excluding hydrogens is 168 g/mol. The van der Waals surface area contributed by atoms with Crippen LogP contribution in [0.25, 0.3) is 0 Å². The minimum absolute atomic E-state index is 0.445. The Bertz CT molecular complexity index is 289. The molecule has 3 heteroatoms. The van der Waals surface area contributed by atoms with Crippen LogP contribution < -0.4 is 5.32 Å². The summed E-state index contributed by atoms with van der Waals surface area (Å²) in [5.41, 5.74) is 1.19. The topological polar surface area (TPSA) is 24.4 Å². The lowest BCUT2D eigenvalue weighted by molar-refractivity contribution is 0.720. The molecule has 0 saturated heterocycles. The Labute approximate surface area is 76.8 Å². The van der Waals surface area contributed by atoms with Gasteiger partial charge in [0.05, 0.1) is 17.6 Å². The van der Waals surface area contributed by atoms with Crippen LogP contribution in [0.4, 0.5) is 0 Å². The molecule has 0 aromatic carbocycles. The maximum atomic E-state index is 4.42. The highest BCUT2D eigenvalue weighted by Crippen LogP contribution is 2.27. The standard InChI is InChI=1S/C9H12N2S/c1-6-10-8-4-3-7(12-2)5-9(8)11-6/h3,5,8H,4H2,1-2H3,(H,10,11). The van der Waals surface area contributed by atoms with Crippen molar-refractivity contribution in [3.63, 3.8) is 0 Å². The summed E-state index contributed by atoms with van der Waals surface area (Å²) in [5.74, 6) is 1.04. The molecule has 1 heterocycles. The fourth-order valence-corrected chi connectivity index (χ4v) is 2.02. The first-order valence-corrected chi connectivity index (χ1v) is 5.29. The molecule has 0 aromatic rings. The minimum Gasteiger partial charge on any atom is -0.365 e. The van der Waals surface area contributed by atoms with Gasteiger partial charge in [0.25, 0.3) is 0 Å². The van der Waals surface area contributed by atoms with Crippen LogP contribution in [0.1, 0.15) is 13.3 Å².